The smallest absolute Gasteiger partial charge is 0.293 e. The molecule has 0 saturated heterocycles. The Kier molecular flexibility index (Phi) is 4.82. The number of Topliss-reactive ketones (excluding diaryl/α,β-unsaturated/α-hetero) is 1. The van der Waals surface area contributed by atoms with Gasteiger partial charge in [0.15, 0.2) is 10.9 Å². The second-order valence-electron chi connectivity index (χ2n) is 4.50. The van der Waals surface area contributed by atoms with Gasteiger partial charge in [-0.2, -0.15) is 0 Å². The standard InChI is InChI=1S/C13H17N3O2S2/c1-4-5-16-12(18)14-15-13(16)19-7-11(17)10-6-8(2)20-9(10)3/h6H,4-5,7H2,1-3H3,(H,14,18). The quantitative estimate of drug-likeness (QED) is 0.658. The van der Waals surface area contributed by atoms with Crippen LogP contribution in [0.15, 0.2) is 16.0 Å². The predicted octanol–water partition coefficient (Wildman–Crippen LogP) is 2.63. The van der Waals surface area contributed by atoms with Gasteiger partial charge < -0.3 is 0 Å². The number of carbonyl (C=O) groups is 1. The van der Waals surface area contributed by atoms with Crippen molar-refractivity contribution < 1.29 is 4.79 Å². The molecule has 0 radical (unpaired) electrons. The third-order valence-corrected chi connectivity index (χ3v) is 4.79. The van der Waals surface area contributed by atoms with E-state index in [2.05, 4.69) is 10.2 Å². The Labute approximate surface area is 125 Å². The number of thioether (sulfide) groups is 1. The fourth-order valence-corrected chi connectivity index (χ4v) is 3.75. The Balaban J connectivity index is 2.07. The van der Waals surface area contributed by atoms with E-state index in [1.54, 1.807) is 15.9 Å². The number of aryl methyl sites for hydroxylation is 2. The van der Waals surface area contributed by atoms with E-state index < -0.39 is 0 Å². The van der Waals surface area contributed by atoms with Gasteiger partial charge in [-0.05, 0) is 26.3 Å². The number of H-pyrrole nitrogens is 1. The molecule has 0 aliphatic heterocycles. The molecule has 0 amide bonds. The molecule has 2 rings (SSSR count). The number of ketones is 1. The summed E-state index contributed by atoms with van der Waals surface area (Å²) < 4.78 is 1.57. The van der Waals surface area contributed by atoms with Gasteiger partial charge >= 0.3 is 5.69 Å². The number of nitrogens with one attached hydrogen (secondary N) is 1. The third-order valence-electron chi connectivity index (χ3n) is 2.84. The maximum absolute atomic E-state index is 12.2. The largest absolute Gasteiger partial charge is 0.343 e. The van der Waals surface area contributed by atoms with Crippen LogP contribution in [0, 0.1) is 13.8 Å². The monoisotopic (exact) mass is 311 g/mol. The number of thiophene rings is 1. The lowest BCUT2D eigenvalue weighted by atomic mass is 10.2. The van der Waals surface area contributed by atoms with Gasteiger partial charge in [-0.25, -0.2) is 9.89 Å². The normalized spacial score (nSPS) is 10.9. The van der Waals surface area contributed by atoms with Crippen LogP contribution in [0.25, 0.3) is 0 Å². The van der Waals surface area contributed by atoms with Crippen LogP contribution < -0.4 is 5.69 Å². The molecule has 0 atom stereocenters. The minimum absolute atomic E-state index is 0.0790. The van der Waals surface area contributed by atoms with Crippen molar-refractivity contribution in [3.8, 4) is 0 Å². The van der Waals surface area contributed by atoms with Crippen LogP contribution in [0.4, 0.5) is 0 Å². The number of aromatic nitrogens is 3. The second kappa shape index (κ2) is 6.41. The minimum atomic E-state index is -0.218. The van der Waals surface area contributed by atoms with Crippen LogP contribution in [0.1, 0.15) is 33.5 Å². The first-order valence-corrected chi connectivity index (χ1v) is 8.21. The Morgan fingerprint density at radius 3 is 2.85 bits per heavy atom. The minimum Gasteiger partial charge on any atom is -0.293 e. The Morgan fingerprint density at radius 2 is 2.25 bits per heavy atom. The zero-order chi connectivity index (χ0) is 14.7. The number of nitrogens with zero attached hydrogens (tertiary/aromatic N) is 2. The first-order valence-electron chi connectivity index (χ1n) is 6.41. The summed E-state index contributed by atoms with van der Waals surface area (Å²) in [4.78, 5) is 25.9. The summed E-state index contributed by atoms with van der Waals surface area (Å²) in [6, 6.07) is 1.92. The average molecular weight is 311 g/mol. The lowest BCUT2D eigenvalue weighted by Gasteiger charge is -2.03. The van der Waals surface area contributed by atoms with Gasteiger partial charge in [0.1, 0.15) is 0 Å². The van der Waals surface area contributed by atoms with Crippen molar-refractivity contribution >= 4 is 28.9 Å². The molecule has 0 spiro atoms. The number of hydrogen-bond acceptors (Lipinski definition) is 5. The summed E-state index contributed by atoms with van der Waals surface area (Å²) >= 11 is 2.93. The van der Waals surface area contributed by atoms with Gasteiger partial charge in [-0.15, -0.1) is 16.4 Å². The lowest BCUT2D eigenvalue weighted by molar-refractivity contribution is 0.102. The summed E-state index contributed by atoms with van der Waals surface area (Å²) in [5.41, 5.74) is 0.560. The molecular formula is C13H17N3O2S2. The topological polar surface area (TPSA) is 67.8 Å². The van der Waals surface area contributed by atoms with Crippen LogP contribution in [0.3, 0.4) is 0 Å². The fourth-order valence-electron chi connectivity index (χ4n) is 1.95. The molecule has 1 N–H and O–H groups in total. The molecule has 0 aliphatic rings. The molecule has 108 valence electrons. The highest BCUT2D eigenvalue weighted by molar-refractivity contribution is 7.99. The van der Waals surface area contributed by atoms with E-state index in [1.165, 1.54) is 11.8 Å². The maximum atomic E-state index is 12.2. The van der Waals surface area contributed by atoms with Crippen molar-refractivity contribution in [3.63, 3.8) is 0 Å². The molecule has 5 nitrogen and oxygen atoms in total. The maximum Gasteiger partial charge on any atom is 0.343 e. The summed E-state index contributed by atoms with van der Waals surface area (Å²) in [7, 11) is 0. The molecule has 0 unspecified atom stereocenters. The van der Waals surface area contributed by atoms with Gasteiger partial charge in [0, 0.05) is 21.9 Å². The summed E-state index contributed by atoms with van der Waals surface area (Å²) in [6.45, 7) is 6.56. The molecule has 2 aromatic heterocycles. The van der Waals surface area contributed by atoms with Crippen LogP contribution in [0.2, 0.25) is 0 Å². The second-order valence-corrected chi connectivity index (χ2v) is 6.90. The zero-order valence-corrected chi connectivity index (χ0v) is 13.4. The Morgan fingerprint density at radius 1 is 1.50 bits per heavy atom. The van der Waals surface area contributed by atoms with E-state index in [0.29, 0.717) is 17.5 Å². The van der Waals surface area contributed by atoms with Crippen LogP contribution >= 0.6 is 23.1 Å². The summed E-state index contributed by atoms with van der Waals surface area (Å²) in [5.74, 6) is 0.376. The van der Waals surface area contributed by atoms with Crippen molar-refractivity contribution in [2.75, 3.05) is 5.75 Å². The summed E-state index contributed by atoms with van der Waals surface area (Å²) in [6.07, 6.45) is 0.851. The molecule has 20 heavy (non-hydrogen) atoms. The predicted molar refractivity (Wildman–Crippen MR) is 82.0 cm³/mol. The van der Waals surface area contributed by atoms with E-state index in [0.717, 1.165) is 21.7 Å². The number of hydrogen-bond donors (Lipinski definition) is 1. The van der Waals surface area contributed by atoms with E-state index in [9.17, 15) is 9.59 Å². The number of rotatable bonds is 6. The molecule has 0 fully saturated rings. The molecule has 2 aromatic rings. The zero-order valence-electron chi connectivity index (χ0n) is 11.7. The fraction of sp³-hybridized carbons (Fsp3) is 0.462. The van der Waals surface area contributed by atoms with Crippen molar-refractivity contribution in [2.45, 2.75) is 38.9 Å². The number of aromatic amines is 1. The molecular weight excluding hydrogens is 294 g/mol. The van der Waals surface area contributed by atoms with Gasteiger partial charge in [0.2, 0.25) is 0 Å². The van der Waals surface area contributed by atoms with Gasteiger partial charge in [-0.3, -0.25) is 9.36 Å². The van der Waals surface area contributed by atoms with E-state index in [1.807, 2.05) is 26.8 Å². The molecule has 0 saturated carbocycles. The van der Waals surface area contributed by atoms with E-state index in [-0.39, 0.29) is 11.5 Å². The van der Waals surface area contributed by atoms with Gasteiger partial charge in [0.25, 0.3) is 0 Å². The molecule has 7 heteroatoms. The average Bonchev–Trinajstić information content (AvgIpc) is 2.91. The van der Waals surface area contributed by atoms with Gasteiger partial charge in [0.05, 0.1) is 5.75 Å². The molecule has 2 heterocycles. The van der Waals surface area contributed by atoms with E-state index >= 15 is 0 Å². The molecule has 0 aromatic carbocycles. The first-order chi connectivity index (χ1) is 9.52. The van der Waals surface area contributed by atoms with Crippen molar-refractivity contribution in [1.82, 2.24) is 14.8 Å². The highest BCUT2D eigenvalue weighted by Gasteiger charge is 2.15. The van der Waals surface area contributed by atoms with Crippen molar-refractivity contribution in [1.29, 1.82) is 0 Å². The SMILES string of the molecule is CCCn1c(SCC(=O)c2cc(C)sc2C)n[nH]c1=O. The molecule has 0 aliphatic carbocycles. The van der Waals surface area contributed by atoms with Crippen LogP contribution in [-0.4, -0.2) is 26.3 Å². The summed E-state index contributed by atoms with van der Waals surface area (Å²) in [5, 5.41) is 6.97. The van der Waals surface area contributed by atoms with Crippen LogP contribution in [-0.2, 0) is 6.54 Å². The van der Waals surface area contributed by atoms with E-state index in [4.69, 9.17) is 0 Å². The van der Waals surface area contributed by atoms with Crippen molar-refractivity contribution in [3.05, 3.63) is 31.9 Å². The molecule has 0 bridgehead atoms. The van der Waals surface area contributed by atoms with Gasteiger partial charge in [-0.1, -0.05) is 18.7 Å². The number of carbonyl (C=O) groups excluding carboxylic acids is 1. The van der Waals surface area contributed by atoms with Crippen molar-refractivity contribution in [2.24, 2.45) is 0 Å². The highest BCUT2D eigenvalue weighted by Crippen LogP contribution is 2.23. The first kappa shape index (κ1) is 15.1. The Hall–Kier alpha value is -1.34. The third kappa shape index (κ3) is 3.21. The van der Waals surface area contributed by atoms with Crippen LogP contribution in [0.5, 0.6) is 0 Å². The Bertz CT molecular complexity index is 669. The highest BCUT2D eigenvalue weighted by atomic mass is 32.2. The lowest BCUT2D eigenvalue weighted by Crippen LogP contribution is -2.17.